The smallest absolute Gasteiger partial charge is 0.264 e. The number of aryl methyl sites for hydroxylation is 1. The summed E-state index contributed by atoms with van der Waals surface area (Å²) in [5.41, 5.74) is 1.91. The summed E-state index contributed by atoms with van der Waals surface area (Å²) in [5, 5.41) is 0. The molecule has 4 rings (SSSR count). The first kappa shape index (κ1) is 22.0. The molecule has 0 saturated carbocycles. The van der Waals surface area contributed by atoms with Crippen LogP contribution in [0.25, 0.3) is 5.65 Å². The van der Waals surface area contributed by atoms with Crippen molar-refractivity contribution >= 4 is 33.1 Å². The van der Waals surface area contributed by atoms with Gasteiger partial charge in [-0.1, -0.05) is 18.2 Å². The van der Waals surface area contributed by atoms with Gasteiger partial charge in [0.15, 0.2) is 0 Å². The molecule has 1 N–H and O–H groups in total. The van der Waals surface area contributed by atoms with E-state index in [4.69, 9.17) is 0 Å². The molecular formula is C22H17F2N3O3S2. The molecule has 0 amide bonds. The summed E-state index contributed by atoms with van der Waals surface area (Å²) in [6.07, 6.45) is 1.64. The fourth-order valence-corrected chi connectivity index (χ4v) is 5.23. The molecule has 164 valence electrons. The zero-order valence-corrected chi connectivity index (χ0v) is 18.4. The van der Waals surface area contributed by atoms with Gasteiger partial charge in [-0.3, -0.25) is 13.9 Å². The molecular weight excluding hydrogens is 456 g/mol. The van der Waals surface area contributed by atoms with Gasteiger partial charge in [0.1, 0.15) is 22.2 Å². The van der Waals surface area contributed by atoms with Crippen LogP contribution in [-0.2, 0) is 15.8 Å². The Morgan fingerprint density at radius 2 is 1.84 bits per heavy atom. The lowest BCUT2D eigenvalue weighted by atomic mass is 10.3. The van der Waals surface area contributed by atoms with Crippen molar-refractivity contribution in [2.45, 2.75) is 22.5 Å². The van der Waals surface area contributed by atoms with Crippen LogP contribution in [0.4, 0.5) is 14.5 Å². The van der Waals surface area contributed by atoms with Crippen LogP contribution in [0.5, 0.6) is 0 Å². The van der Waals surface area contributed by atoms with Crippen LogP contribution >= 0.6 is 11.8 Å². The molecule has 0 unspecified atom stereocenters. The van der Waals surface area contributed by atoms with Crippen LogP contribution in [0.2, 0.25) is 0 Å². The highest BCUT2D eigenvalue weighted by Crippen LogP contribution is 2.31. The first-order chi connectivity index (χ1) is 15.2. The first-order valence-electron chi connectivity index (χ1n) is 9.42. The van der Waals surface area contributed by atoms with E-state index in [1.54, 1.807) is 30.5 Å². The fraction of sp³-hybridized carbons (Fsp3) is 0.0909. The summed E-state index contributed by atoms with van der Waals surface area (Å²) < 4.78 is 56.6. The Bertz CT molecular complexity index is 1490. The van der Waals surface area contributed by atoms with Crippen LogP contribution in [0.3, 0.4) is 0 Å². The molecule has 0 atom stereocenters. The van der Waals surface area contributed by atoms with E-state index in [0.717, 1.165) is 17.7 Å². The lowest BCUT2D eigenvalue weighted by Gasteiger charge is -2.13. The van der Waals surface area contributed by atoms with Gasteiger partial charge < -0.3 is 0 Å². The number of anilines is 1. The van der Waals surface area contributed by atoms with Gasteiger partial charge in [0.25, 0.3) is 15.6 Å². The van der Waals surface area contributed by atoms with E-state index in [1.807, 2.05) is 13.0 Å². The van der Waals surface area contributed by atoms with E-state index in [0.29, 0.717) is 28.1 Å². The highest BCUT2D eigenvalue weighted by Gasteiger charge is 2.21. The quantitative estimate of drug-likeness (QED) is 0.421. The summed E-state index contributed by atoms with van der Waals surface area (Å²) in [6.45, 7) is 1.86. The Morgan fingerprint density at radius 3 is 2.66 bits per heavy atom. The van der Waals surface area contributed by atoms with Gasteiger partial charge in [-0.25, -0.2) is 22.2 Å². The second-order valence-electron chi connectivity index (χ2n) is 6.94. The van der Waals surface area contributed by atoms with Crippen molar-refractivity contribution in [3.05, 3.63) is 100 Å². The van der Waals surface area contributed by atoms with Crippen molar-refractivity contribution in [2.75, 3.05) is 4.72 Å². The molecule has 6 nitrogen and oxygen atoms in total. The third kappa shape index (κ3) is 4.51. The molecule has 0 aliphatic rings. The number of fused-ring (bicyclic) bond motifs is 1. The molecule has 0 radical (unpaired) electrons. The average Bonchev–Trinajstić information content (AvgIpc) is 2.75. The van der Waals surface area contributed by atoms with E-state index in [-0.39, 0.29) is 11.2 Å². The maximum atomic E-state index is 14.0. The van der Waals surface area contributed by atoms with E-state index in [2.05, 4.69) is 9.71 Å². The Labute approximate surface area is 187 Å². The number of nitrogens with one attached hydrogen (secondary N) is 1. The van der Waals surface area contributed by atoms with Gasteiger partial charge in [0, 0.05) is 22.9 Å². The first-order valence-corrected chi connectivity index (χ1v) is 11.9. The number of hydrogen-bond acceptors (Lipinski definition) is 5. The molecule has 0 spiro atoms. The summed E-state index contributed by atoms with van der Waals surface area (Å²) >= 11 is 1.26. The molecule has 2 aromatic heterocycles. The predicted octanol–water partition coefficient (Wildman–Crippen LogP) is 4.37. The van der Waals surface area contributed by atoms with Gasteiger partial charge in [0.05, 0.1) is 11.4 Å². The summed E-state index contributed by atoms with van der Waals surface area (Å²) in [4.78, 5) is 16.7. The van der Waals surface area contributed by atoms with Gasteiger partial charge in [0.2, 0.25) is 0 Å². The zero-order chi connectivity index (χ0) is 22.9. The zero-order valence-electron chi connectivity index (χ0n) is 16.7. The van der Waals surface area contributed by atoms with Crippen molar-refractivity contribution < 1.29 is 17.2 Å². The highest BCUT2D eigenvalue weighted by molar-refractivity contribution is 7.98. The maximum Gasteiger partial charge on any atom is 0.264 e. The molecule has 0 bridgehead atoms. The Balaban J connectivity index is 1.61. The molecule has 4 aromatic rings. The number of halogens is 2. The van der Waals surface area contributed by atoms with Crippen molar-refractivity contribution in [1.29, 1.82) is 0 Å². The molecule has 0 saturated heterocycles. The largest absolute Gasteiger partial charge is 0.278 e. The SMILES string of the molecule is Cc1cccn2c(=O)cc(CSc3ccccc3NS(=O)(=O)c3cc(F)ccc3F)nc12. The number of aromatic nitrogens is 2. The van der Waals surface area contributed by atoms with E-state index < -0.39 is 26.6 Å². The lowest BCUT2D eigenvalue weighted by molar-refractivity contribution is 0.555. The lowest BCUT2D eigenvalue weighted by Crippen LogP contribution is -2.16. The van der Waals surface area contributed by atoms with Crippen LogP contribution in [0.15, 0.2) is 81.4 Å². The third-order valence-corrected chi connectivity index (χ3v) is 7.12. The summed E-state index contributed by atoms with van der Waals surface area (Å²) in [7, 11) is -4.36. The molecule has 32 heavy (non-hydrogen) atoms. The molecule has 10 heteroatoms. The van der Waals surface area contributed by atoms with E-state index in [9.17, 15) is 22.0 Å². The minimum atomic E-state index is -4.36. The fourth-order valence-electron chi connectivity index (χ4n) is 3.09. The second kappa shape index (κ2) is 8.71. The predicted molar refractivity (Wildman–Crippen MR) is 119 cm³/mol. The van der Waals surface area contributed by atoms with Crippen LogP contribution in [0, 0.1) is 18.6 Å². The average molecular weight is 474 g/mol. The minimum Gasteiger partial charge on any atom is -0.278 e. The minimum absolute atomic E-state index is 0.204. The van der Waals surface area contributed by atoms with E-state index >= 15 is 0 Å². The Morgan fingerprint density at radius 1 is 1.06 bits per heavy atom. The second-order valence-corrected chi connectivity index (χ2v) is 9.60. The van der Waals surface area contributed by atoms with Gasteiger partial charge in [-0.2, -0.15) is 0 Å². The normalized spacial score (nSPS) is 11.6. The molecule has 0 fully saturated rings. The van der Waals surface area contributed by atoms with Crippen LogP contribution in [0.1, 0.15) is 11.3 Å². The summed E-state index contributed by atoms with van der Waals surface area (Å²) in [6, 6.07) is 13.8. The monoisotopic (exact) mass is 473 g/mol. The number of benzene rings is 2. The number of rotatable bonds is 6. The van der Waals surface area contributed by atoms with E-state index in [1.165, 1.54) is 28.3 Å². The van der Waals surface area contributed by atoms with Gasteiger partial charge in [-0.05, 0) is 48.9 Å². The molecule has 2 aromatic carbocycles. The van der Waals surface area contributed by atoms with Crippen molar-refractivity contribution in [1.82, 2.24) is 9.38 Å². The van der Waals surface area contributed by atoms with Crippen molar-refractivity contribution in [3.63, 3.8) is 0 Å². The highest BCUT2D eigenvalue weighted by atomic mass is 32.2. The molecule has 0 aliphatic carbocycles. The molecule has 0 aliphatic heterocycles. The number of hydrogen-bond donors (Lipinski definition) is 1. The number of pyridine rings is 1. The molecule has 2 heterocycles. The number of sulfonamides is 1. The topological polar surface area (TPSA) is 80.5 Å². The maximum absolute atomic E-state index is 14.0. The number of para-hydroxylation sites is 1. The van der Waals surface area contributed by atoms with Gasteiger partial charge >= 0.3 is 0 Å². The van der Waals surface area contributed by atoms with Gasteiger partial charge in [-0.15, -0.1) is 11.8 Å². The summed E-state index contributed by atoms with van der Waals surface area (Å²) in [5.74, 6) is -1.62. The van der Waals surface area contributed by atoms with Crippen LogP contribution in [-0.4, -0.2) is 17.8 Å². The standard InChI is InChI=1S/C22H17F2N3O3S2/c1-14-5-4-10-27-21(28)12-16(25-22(14)27)13-31-19-7-3-2-6-18(19)26-32(29,30)20-11-15(23)8-9-17(20)24/h2-12,26H,13H2,1H3. The Kier molecular flexibility index (Phi) is 5.98. The van der Waals surface area contributed by atoms with Crippen molar-refractivity contribution in [3.8, 4) is 0 Å². The third-order valence-electron chi connectivity index (χ3n) is 4.63. The number of nitrogens with zero attached hydrogens (tertiary/aromatic N) is 2. The van der Waals surface area contributed by atoms with Crippen LogP contribution < -0.4 is 10.3 Å². The Hall–Kier alpha value is -3.24. The number of thioether (sulfide) groups is 1. The van der Waals surface area contributed by atoms with Crippen molar-refractivity contribution in [2.24, 2.45) is 0 Å².